The van der Waals surface area contributed by atoms with E-state index in [4.69, 9.17) is 10.1 Å². The zero-order chi connectivity index (χ0) is 26.2. The van der Waals surface area contributed by atoms with Crippen LogP contribution in [-0.2, 0) is 13.6 Å². The number of imidazole rings is 1. The Morgan fingerprint density at radius 1 is 1.00 bits per heavy atom. The van der Waals surface area contributed by atoms with Crippen LogP contribution in [0.25, 0.3) is 33.5 Å². The van der Waals surface area contributed by atoms with Gasteiger partial charge in [-0.15, -0.1) is 0 Å². The highest BCUT2D eigenvalue weighted by Gasteiger charge is 2.26. The summed E-state index contributed by atoms with van der Waals surface area (Å²) in [6.07, 6.45) is 0.435. The van der Waals surface area contributed by atoms with E-state index in [0.29, 0.717) is 18.7 Å². The molecule has 2 amide bonds. The molecule has 8 nitrogen and oxygen atoms in total. The van der Waals surface area contributed by atoms with E-state index in [0.717, 1.165) is 52.8 Å². The minimum absolute atomic E-state index is 0.103. The Kier molecular flexibility index (Phi) is 6.07. The van der Waals surface area contributed by atoms with E-state index in [1.54, 1.807) is 4.90 Å². The summed E-state index contributed by atoms with van der Waals surface area (Å²) in [4.78, 5) is 31.1. The topological polar surface area (TPSA) is 92.4 Å². The van der Waals surface area contributed by atoms with Gasteiger partial charge in [0.1, 0.15) is 0 Å². The predicted octanol–water partition coefficient (Wildman–Crippen LogP) is 5.12. The number of aromatic nitrogens is 3. The number of nitrogens with zero attached hydrogens (tertiary/aromatic N) is 4. The Bertz CT molecular complexity index is 1650. The number of amides is 2. The molecule has 1 atom stereocenters. The van der Waals surface area contributed by atoms with Gasteiger partial charge in [-0.25, -0.2) is 9.78 Å². The van der Waals surface area contributed by atoms with Gasteiger partial charge >= 0.3 is 6.09 Å². The van der Waals surface area contributed by atoms with Crippen molar-refractivity contribution >= 4 is 33.9 Å². The van der Waals surface area contributed by atoms with Crippen LogP contribution < -0.4 is 5.32 Å². The highest BCUT2D eigenvalue weighted by molar-refractivity contribution is 5.98. The summed E-state index contributed by atoms with van der Waals surface area (Å²) in [5.74, 6) is 0.731. The second-order valence-corrected chi connectivity index (χ2v) is 9.90. The number of hydrogen-bond donors (Lipinski definition) is 2. The number of carbonyl (C=O) groups excluding carboxylic acids is 1. The van der Waals surface area contributed by atoms with E-state index in [-0.39, 0.29) is 11.9 Å². The zero-order valence-electron chi connectivity index (χ0n) is 21.2. The Morgan fingerprint density at radius 2 is 1.79 bits per heavy atom. The first-order valence-corrected chi connectivity index (χ1v) is 12.9. The first kappa shape index (κ1) is 23.8. The molecule has 3 aromatic carbocycles. The van der Waals surface area contributed by atoms with E-state index in [1.165, 1.54) is 5.56 Å². The number of para-hydroxylation sites is 1. The smallest absolute Gasteiger partial charge is 0.404 e. The van der Waals surface area contributed by atoms with Crippen molar-refractivity contribution in [2.24, 2.45) is 7.05 Å². The largest absolute Gasteiger partial charge is 0.465 e. The van der Waals surface area contributed by atoms with Crippen molar-refractivity contribution in [2.75, 3.05) is 13.1 Å². The molecule has 0 bridgehead atoms. The minimum atomic E-state index is -1.06. The number of piperidine rings is 1. The molecule has 6 rings (SSSR count). The van der Waals surface area contributed by atoms with Crippen LogP contribution in [0.5, 0.6) is 0 Å². The van der Waals surface area contributed by atoms with E-state index in [1.807, 2.05) is 37.4 Å². The number of carboxylic acid groups (broad SMARTS) is 1. The lowest BCUT2D eigenvalue weighted by molar-refractivity contribution is 0.0692. The van der Waals surface area contributed by atoms with Gasteiger partial charge in [0.25, 0.3) is 5.91 Å². The van der Waals surface area contributed by atoms with Gasteiger partial charge in [-0.05, 0) is 48.7 Å². The second-order valence-electron chi connectivity index (χ2n) is 9.90. The lowest BCUT2D eigenvalue weighted by Gasteiger charge is -2.32. The number of aryl methyl sites for hydroxylation is 1. The molecule has 1 aliphatic heterocycles. The maximum atomic E-state index is 13.3. The van der Waals surface area contributed by atoms with Gasteiger partial charge < -0.3 is 24.5 Å². The summed E-state index contributed by atoms with van der Waals surface area (Å²) >= 11 is 0. The van der Waals surface area contributed by atoms with Gasteiger partial charge in [0.05, 0.1) is 16.7 Å². The Hall–Kier alpha value is -4.59. The molecular formula is C30H29N5O3. The van der Waals surface area contributed by atoms with Crippen LogP contribution >= 0.6 is 0 Å². The van der Waals surface area contributed by atoms with Crippen molar-refractivity contribution in [2.45, 2.75) is 25.4 Å². The molecule has 1 aliphatic rings. The summed E-state index contributed by atoms with van der Waals surface area (Å²) in [5.41, 5.74) is 5.62. The lowest BCUT2D eigenvalue weighted by Crippen LogP contribution is -2.49. The molecule has 0 spiro atoms. The molecule has 8 heteroatoms. The number of likely N-dealkylation sites (tertiary alicyclic amines) is 1. The van der Waals surface area contributed by atoms with Crippen molar-refractivity contribution in [3.05, 3.63) is 90.0 Å². The third-order valence-electron chi connectivity index (χ3n) is 7.39. The maximum absolute atomic E-state index is 13.3. The highest BCUT2D eigenvalue weighted by atomic mass is 16.4. The van der Waals surface area contributed by atoms with Crippen LogP contribution in [0.3, 0.4) is 0 Å². The third kappa shape index (κ3) is 4.38. The summed E-state index contributed by atoms with van der Waals surface area (Å²) in [6.45, 7) is 1.70. The van der Waals surface area contributed by atoms with Gasteiger partial charge in [-0.3, -0.25) is 4.79 Å². The molecule has 0 unspecified atom stereocenters. The molecule has 38 heavy (non-hydrogen) atoms. The normalized spacial score (nSPS) is 15.7. The molecule has 0 radical (unpaired) electrons. The molecule has 0 aliphatic carbocycles. The number of hydrogen-bond acceptors (Lipinski definition) is 3. The number of benzene rings is 3. The van der Waals surface area contributed by atoms with Gasteiger partial charge in [-0.1, -0.05) is 48.5 Å². The van der Waals surface area contributed by atoms with Crippen LogP contribution in [0, 0.1) is 0 Å². The number of fused-ring (bicyclic) bond motifs is 2. The summed E-state index contributed by atoms with van der Waals surface area (Å²) in [7, 11) is 2.00. The molecule has 1 fully saturated rings. The van der Waals surface area contributed by atoms with Crippen molar-refractivity contribution in [3.8, 4) is 11.5 Å². The second kappa shape index (κ2) is 9.70. The Labute approximate surface area is 220 Å². The number of nitrogens with one attached hydrogen (secondary N) is 1. The summed E-state index contributed by atoms with van der Waals surface area (Å²) < 4.78 is 4.37. The summed E-state index contributed by atoms with van der Waals surface area (Å²) in [6, 6.07) is 26.3. The van der Waals surface area contributed by atoms with E-state index in [9.17, 15) is 9.59 Å². The van der Waals surface area contributed by atoms with Crippen LogP contribution in [0.2, 0.25) is 0 Å². The minimum Gasteiger partial charge on any atom is -0.465 e. The van der Waals surface area contributed by atoms with Crippen molar-refractivity contribution < 1.29 is 14.7 Å². The van der Waals surface area contributed by atoms with Crippen LogP contribution in [-0.4, -0.2) is 55.3 Å². The molecule has 5 aromatic rings. The van der Waals surface area contributed by atoms with Gasteiger partial charge in [0, 0.05) is 49.2 Å². The van der Waals surface area contributed by atoms with Crippen LogP contribution in [0.1, 0.15) is 28.8 Å². The van der Waals surface area contributed by atoms with Crippen molar-refractivity contribution in [1.29, 1.82) is 0 Å². The molecule has 0 saturated carbocycles. The molecule has 3 heterocycles. The van der Waals surface area contributed by atoms with Gasteiger partial charge in [0.15, 0.2) is 5.82 Å². The number of carbonyl (C=O) groups is 2. The van der Waals surface area contributed by atoms with Gasteiger partial charge in [-0.2, -0.15) is 0 Å². The maximum Gasteiger partial charge on any atom is 0.404 e. The standard InChI is InChI=1S/C30H29N5O3/c1-33-26-14-13-22(29(36)34-15-7-11-23(19-34)31-30(37)38)16-24(26)32-28(33)27-17-21-10-5-6-12-25(21)35(27)18-20-8-3-2-4-9-20/h2-6,8-10,12-14,16-17,23,31H,7,11,15,18-19H2,1H3,(H,37,38)/t23-/m0/s1. The summed E-state index contributed by atoms with van der Waals surface area (Å²) in [5, 5.41) is 12.7. The fourth-order valence-corrected chi connectivity index (χ4v) is 5.53. The molecule has 1 saturated heterocycles. The quantitative estimate of drug-likeness (QED) is 0.346. The Morgan fingerprint density at radius 3 is 2.61 bits per heavy atom. The third-order valence-corrected chi connectivity index (χ3v) is 7.39. The first-order valence-electron chi connectivity index (χ1n) is 12.9. The molecule has 192 valence electrons. The highest BCUT2D eigenvalue weighted by Crippen LogP contribution is 2.31. The molecular weight excluding hydrogens is 478 g/mol. The van der Waals surface area contributed by atoms with Crippen molar-refractivity contribution in [1.82, 2.24) is 24.3 Å². The zero-order valence-corrected chi connectivity index (χ0v) is 21.2. The van der Waals surface area contributed by atoms with E-state index >= 15 is 0 Å². The van der Waals surface area contributed by atoms with Crippen LogP contribution in [0.15, 0.2) is 78.9 Å². The SMILES string of the molecule is Cn1c(-c2cc3ccccc3n2Cc2ccccc2)nc2cc(C(=O)N3CCC[C@H](NC(=O)O)C3)ccc21. The first-order chi connectivity index (χ1) is 18.5. The van der Waals surface area contributed by atoms with Gasteiger partial charge in [0.2, 0.25) is 0 Å². The predicted molar refractivity (Wildman–Crippen MR) is 147 cm³/mol. The van der Waals surface area contributed by atoms with E-state index < -0.39 is 6.09 Å². The Balaban J connectivity index is 1.37. The monoisotopic (exact) mass is 507 g/mol. The lowest BCUT2D eigenvalue weighted by atomic mass is 10.0. The number of rotatable bonds is 5. The molecule has 2 aromatic heterocycles. The fraction of sp³-hybridized carbons (Fsp3) is 0.233. The fourth-order valence-electron chi connectivity index (χ4n) is 5.53. The van der Waals surface area contributed by atoms with Crippen molar-refractivity contribution in [3.63, 3.8) is 0 Å². The van der Waals surface area contributed by atoms with Crippen LogP contribution in [0.4, 0.5) is 4.79 Å². The van der Waals surface area contributed by atoms with E-state index in [2.05, 4.69) is 63.0 Å². The average Bonchev–Trinajstić information content (AvgIpc) is 3.45. The molecule has 2 N–H and O–H groups in total. The average molecular weight is 508 g/mol.